The first-order chi connectivity index (χ1) is 10.2. The lowest BCUT2D eigenvalue weighted by molar-refractivity contribution is -0.113. The number of nitrogens with zero attached hydrogens (tertiary/aromatic N) is 1. The van der Waals surface area contributed by atoms with E-state index in [2.05, 4.69) is 5.32 Å². The molecule has 1 fully saturated rings. The van der Waals surface area contributed by atoms with Crippen LogP contribution in [-0.4, -0.2) is 41.6 Å². The van der Waals surface area contributed by atoms with Crippen LogP contribution in [0.5, 0.6) is 0 Å². The average Bonchev–Trinajstić information content (AvgIpc) is 2.53. The number of hydrogen-bond donors (Lipinski definition) is 2. The van der Waals surface area contributed by atoms with Gasteiger partial charge in [-0.1, -0.05) is 0 Å². The summed E-state index contributed by atoms with van der Waals surface area (Å²) in [7, 11) is 0. The van der Waals surface area contributed by atoms with Crippen LogP contribution in [0, 0.1) is 0 Å². The lowest BCUT2D eigenvalue weighted by Crippen LogP contribution is -2.47. The van der Waals surface area contributed by atoms with E-state index in [0.717, 1.165) is 36.4 Å². The second-order valence-electron chi connectivity index (χ2n) is 5.43. The van der Waals surface area contributed by atoms with Crippen molar-refractivity contribution in [2.75, 3.05) is 24.2 Å². The van der Waals surface area contributed by atoms with Gasteiger partial charge >= 0.3 is 0 Å². The molecule has 2 amide bonds. The summed E-state index contributed by atoms with van der Waals surface area (Å²) in [4.78, 5) is 27.0. The number of nitrogens with two attached hydrogens (primary N) is 1. The summed E-state index contributed by atoms with van der Waals surface area (Å²) in [5.74, 6) is 0.425. The summed E-state index contributed by atoms with van der Waals surface area (Å²) >= 11 is 1.50. The van der Waals surface area contributed by atoms with Crippen molar-refractivity contribution >= 4 is 29.3 Å². The van der Waals surface area contributed by atoms with E-state index in [1.807, 2.05) is 17.0 Å². The molecular formula is C15H19N3O2S. The largest absolute Gasteiger partial charge is 0.334 e. The number of nitrogens with one attached hydrogen (secondary N) is 1. The Balaban J connectivity index is 1.84. The molecule has 1 aromatic rings. The topological polar surface area (TPSA) is 75.4 Å². The number of piperidine rings is 1. The number of anilines is 1. The molecule has 6 heteroatoms. The Hall–Kier alpha value is -1.53. The summed E-state index contributed by atoms with van der Waals surface area (Å²) in [5.41, 5.74) is 7.15. The van der Waals surface area contributed by atoms with Crippen LogP contribution in [0.1, 0.15) is 29.6 Å². The highest BCUT2D eigenvalue weighted by Crippen LogP contribution is 2.32. The highest BCUT2D eigenvalue weighted by molar-refractivity contribution is 8.00. The van der Waals surface area contributed by atoms with Crippen LogP contribution in [0.2, 0.25) is 0 Å². The Labute approximate surface area is 128 Å². The Morgan fingerprint density at radius 1 is 1.43 bits per heavy atom. The second kappa shape index (κ2) is 6.07. The molecule has 3 N–H and O–H groups in total. The normalized spacial score (nSPS) is 21.7. The van der Waals surface area contributed by atoms with Gasteiger partial charge < -0.3 is 16.0 Å². The molecule has 5 nitrogen and oxygen atoms in total. The fourth-order valence-corrected chi connectivity index (χ4v) is 3.68. The van der Waals surface area contributed by atoms with Gasteiger partial charge in [0.15, 0.2) is 0 Å². The predicted octanol–water partition coefficient (Wildman–Crippen LogP) is 1.68. The number of fused-ring (bicyclic) bond motifs is 1. The first-order valence-electron chi connectivity index (χ1n) is 7.27. The molecule has 0 saturated carbocycles. The second-order valence-corrected chi connectivity index (χ2v) is 6.45. The van der Waals surface area contributed by atoms with Crippen LogP contribution in [0.15, 0.2) is 23.1 Å². The van der Waals surface area contributed by atoms with Crippen molar-refractivity contribution in [3.63, 3.8) is 0 Å². The van der Waals surface area contributed by atoms with Crippen molar-refractivity contribution in [3.8, 4) is 0 Å². The van der Waals surface area contributed by atoms with E-state index in [1.165, 1.54) is 11.8 Å². The highest BCUT2D eigenvalue weighted by Gasteiger charge is 2.27. The predicted molar refractivity (Wildman–Crippen MR) is 83.5 cm³/mol. The van der Waals surface area contributed by atoms with Gasteiger partial charge in [0, 0.05) is 29.6 Å². The van der Waals surface area contributed by atoms with Crippen LogP contribution in [-0.2, 0) is 4.79 Å². The van der Waals surface area contributed by atoms with Gasteiger partial charge in [0.05, 0.1) is 11.4 Å². The van der Waals surface area contributed by atoms with E-state index >= 15 is 0 Å². The van der Waals surface area contributed by atoms with Crippen LogP contribution < -0.4 is 11.1 Å². The fraction of sp³-hybridized carbons (Fsp3) is 0.467. The molecule has 3 rings (SSSR count). The number of benzene rings is 1. The Kier molecular flexibility index (Phi) is 4.17. The van der Waals surface area contributed by atoms with E-state index in [-0.39, 0.29) is 17.9 Å². The first kappa shape index (κ1) is 14.4. The summed E-state index contributed by atoms with van der Waals surface area (Å²) in [6, 6.07) is 5.66. The Morgan fingerprint density at radius 2 is 2.29 bits per heavy atom. The Morgan fingerprint density at radius 3 is 3.10 bits per heavy atom. The number of thioether (sulfide) groups is 1. The zero-order valence-corrected chi connectivity index (χ0v) is 12.6. The van der Waals surface area contributed by atoms with E-state index in [4.69, 9.17) is 5.73 Å². The SMILES string of the molecule is NCC1CCCCN1C(=O)c1ccc2c(c1)NC(=O)CS2. The molecule has 2 aliphatic rings. The molecule has 2 heterocycles. The van der Waals surface area contributed by atoms with E-state index in [9.17, 15) is 9.59 Å². The fourth-order valence-electron chi connectivity index (χ4n) is 2.89. The van der Waals surface area contributed by atoms with Crippen molar-refractivity contribution in [3.05, 3.63) is 23.8 Å². The third-order valence-corrected chi connectivity index (χ3v) is 5.09. The third-order valence-electron chi connectivity index (χ3n) is 4.02. The summed E-state index contributed by atoms with van der Waals surface area (Å²) < 4.78 is 0. The maximum Gasteiger partial charge on any atom is 0.254 e. The molecule has 1 unspecified atom stereocenters. The first-order valence-corrected chi connectivity index (χ1v) is 8.25. The van der Waals surface area contributed by atoms with Crippen molar-refractivity contribution in [1.82, 2.24) is 4.90 Å². The minimum Gasteiger partial charge on any atom is -0.334 e. The monoisotopic (exact) mass is 305 g/mol. The lowest BCUT2D eigenvalue weighted by atomic mass is 10.0. The summed E-state index contributed by atoms with van der Waals surface area (Å²) in [6.07, 6.45) is 3.13. The molecule has 0 bridgehead atoms. The van der Waals surface area contributed by atoms with Gasteiger partial charge in [-0.15, -0.1) is 11.8 Å². The number of carbonyl (C=O) groups excluding carboxylic acids is 2. The molecule has 1 saturated heterocycles. The number of rotatable bonds is 2. The van der Waals surface area contributed by atoms with Crippen LogP contribution in [0.25, 0.3) is 0 Å². The number of amides is 2. The van der Waals surface area contributed by atoms with Gasteiger partial charge in [-0.25, -0.2) is 0 Å². The minimum absolute atomic E-state index is 0.0118. The molecule has 1 aromatic carbocycles. The number of carbonyl (C=O) groups is 2. The molecule has 2 aliphatic heterocycles. The summed E-state index contributed by atoms with van der Waals surface area (Å²) in [5, 5.41) is 2.83. The van der Waals surface area contributed by atoms with Crippen molar-refractivity contribution < 1.29 is 9.59 Å². The molecular weight excluding hydrogens is 286 g/mol. The smallest absolute Gasteiger partial charge is 0.254 e. The molecule has 0 spiro atoms. The maximum atomic E-state index is 12.7. The molecule has 0 aliphatic carbocycles. The molecule has 0 aromatic heterocycles. The summed E-state index contributed by atoms with van der Waals surface area (Å²) in [6.45, 7) is 1.27. The zero-order chi connectivity index (χ0) is 14.8. The van der Waals surface area contributed by atoms with Crippen molar-refractivity contribution in [2.45, 2.75) is 30.2 Å². The van der Waals surface area contributed by atoms with E-state index < -0.39 is 0 Å². The van der Waals surface area contributed by atoms with Crippen LogP contribution in [0.3, 0.4) is 0 Å². The molecule has 1 atom stereocenters. The van der Waals surface area contributed by atoms with Crippen molar-refractivity contribution in [2.24, 2.45) is 5.73 Å². The van der Waals surface area contributed by atoms with Gasteiger partial charge in [0.2, 0.25) is 5.91 Å². The van der Waals surface area contributed by atoms with Crippen LogP contribution in [0.4, 0.5) is 5.69 Å². The average molecular weight is 305 g/mol. The molecule has 0 radical (unpaired) electrons. The Bertz CT molecular complexity index is 576. The zero-order valence-electron chi connectivity index (χ0n) is 11.8. The van der Waals surface area contributed by atoms with Gasteiger partial charge in [-0.3, -0.25) is 9.59 Å². The van der Waals surface area contributed by atoms with Gasteiger partial charge in [-0.2, -0.15) is 0 Å². The minimum atomic E-state index is -0.0186. The van der Waals surface area contributed by atoms with Crippen LogP contribution >= 0.6 is 11.8 Å². The molecule has 21 heavy (non-hydrogen) atoms. The van der Waals surface area contributed by atoms with Gasteiger partial charge in [0.1, 0.15) is 0 Å². The maximum absolute atomic E-state index is 12.7. The van der Waals surface area contributed by atoms with Gasteiger partial charge in [0.25, 0.3) is 5.91 Å². The van der Waals surface area contributed by atoms with Crippen molar-refractivity contribution in [1.29, 1.82) is 0 Å². The van der Waals surface area contributed by atoms with Gasteiger partial charge in [-0.05, 0) is 37.5 Å². The highest BCUT2D eigenvalue weighted by atomic mass is 32.2. The third kappa shape index (κ3) is 2.91. The van der Waals surface area contributed by atoms with E-state index in [0.29, 0.717) is 17.9 Å². The molecule has 112 valence electrons. The number of likely N-dealkylation sites (tertiary alicyclic amines) is 1. The standard InChI is InChI=1S/C15H19N3O2S/c16-8-11-3-1-2-6-18(11)15(20)10-4-5-13-12(7-10)17-14(19)9-21-13/h4-5,7,11H,1-3,6,8-9,16H2,(H,17,19). The lowest BCUT2D eigenvalue weighted by Gasteiger charge is -2.35. The van der Waals surface area contributed by atoms with E-state index in [1.54, 1.807) is 6.07 Å². The number of hydrogen-bond acceptors (Lipinski definition) is 4. The quantitative estimate of drug-likeness (QED) is 0.872.